The highest BCUT2D eigenvalue weighted by atomic mass is 35.5. The van der Waals surface area contributed by atoms with E-state index in [1.807, 2.05) is 25.1 Å². The second kappa shape index (κ2) is 5.38. The van der Waals surface area contributed by atoms with Crippen LogP contribution in [0.3, 0.4) is 0 Å². The van der Waals surface area contributed by atoms with Crippen molar-refractivity contribution in [1.29, 1.82) is 0 Å². The third-order valence-corrected chi connectivity index (χ3v) is 4.20. The normalized spacial score (nSPS) is 11.0. The van der Waals surface area contributed by atoms with Crippen molar-refractivity contribution in [3.8, 4) is 0 Å². The minimum Gasteiger partial charge on any atom is -0.333 e. The van der Waals surface area contributed by atoms with Gasteiger partial charge >= 0.3 is 5.69 Å². The van der Waals surface area contributed by atoms with Crippen molar-refractivity contribution in [1.82, 2.24) is 9.97 Å². The monoisotopic (exact) mass is 319 g/mol. The first-order valence-corrected chi connectivity index (χ1v) is 7.31. The lowest BCUT2D eigenvalue weighted by Gasteiger charge is -2.01. The van der Waals surface area contributed by atoms with Crippen molar-refractivity contribution in [2.75, 3.05) is 0 Å². The Labute approximate surface area is 129 Å². The molecule has 0 fully saturated rings. The second-order valence-corrected chi connectivity index (χ2v) is 5.95. The molecule has 0 aliphatic heterocycles. The summed E-state index contributed by atoms with van der Waals surface area (Å²) < 4.78 is 0. The first kappa shape index (κ1) is 13.9. The number of hydrogen-bond donors (Lipinski definition) is 1. The Kier molecular flexibility index (Phi) is 3.57. The van der Waals surface area contributed by atoms with E-state index in [0.29, 0.717) is 10.1 Å². The number of hydrogen-bond acceptors (Lipinski definition) is 4. The first-order chi connectivity index (χ1) is 10.0. The Balaban J connectivity index is 2.02. The van der Waals surface area contributed by atoms with Gasteiger partial charge in [0.25, 0.3) is 0 Å². The molecule has 106 valence electrons. The van der Waals surface area contributed by atoms with Crippen molar-refractivity contribution < 1.29 is 4.92 Å². The smallest absolute Gasteiger partial charge is 0.301 e. The Hall–Kier alpha value is -2.05. The van der Waals surface area contributed by atoms with Crippen molar-refractivity contribution in [2.45, 2.75) is 17.0 Å². The molecule has 3 aromatic rings. The topological polar surface area (TPSA) is 71.8 Å². The summed E-state index contributed by atoms with van der Waals surface area (Å²) in [6, 6.07) is 10.7. The predicted molar refractivity (Wildman–Crippen MR) is 83.1 cm³/mol. The van der Waals surface area contributed by atoms with Crippen LogP contribution in [0.5, 0.6) is 0 Å². The third kappa shape index (κ3) is 2.72. The number of nitro groups is 1. The quantitative estimate of drug-likeness (QED) is 0.566. The number of nitrogens with one attached hydrogen (secondary N) is 1. The van der Waals surface area contributed by atoms with Gasteiger partial charge in [0, 0.05) is 0 Å². The molecule has 7 heteroatoms. The molecule has 0 spiro atoms. The zero-order chi connectivity index (χ0) is 15.0. The van der Waals surface area contributed by atoms with E-state index in [0.717, 1.165) is 16.6 Å². The van der Waals surface area contributed by atoms with Crippen molar-refractivity contribution in [3.63, 3.8) is 0 Å². The van der Waals surface area contributed by atoms with Crippen LogP contribution in [0.15, 0.2) is 46.5 Å². The van der Waals surface area contributed by atoms with E-state index in [1.165, 1.54) is 17.8 Å². The van der Waals surface area contributed by atoms with Gasteiger partial charge in [0.1, 0.15) is 5.02 Å². The summed E-state index contributed by atoms with van der Waals surface area (Å²) >= 11 is 7.10. The molecule has 21 heavy (non-hydrogen) atoms. The molecule has 0 aliphatic rings. The average Bonchev–Trinajstić information content (AvgIpc) is 2.79. The standard InChI is InChI=1S/C14H10ClN3O2S/c1-8-5-6-10-11(7-8)17-14(16-10)21-12-4-2-3-9(15)13(12)18(19)20/h2-7H,1H3,(H,16,17). The number of fused-ring (bicyclic) bond motifs is 1. The first-order valence-electron chi connectivity index (χ1n) is 6.12. The Morgan fingerprint density at radius 2 is 2.14 bits per heavy atom. The molecule has 0 amide bonds. The van der Waals surface area contributed by atoms with E-state index >= 15 is 0 Å². The highest BCUT2D eigenvalue weighted by molar-refractivity contribution is 7.99. The summed E-state index contributed by atoms with van der Waals surface area (Å²) in [6.07, 6.45) is 0. The molecule has 0 saturated heterocycles. The largest absolute Gasteiger partial charge is 0.333 e. The van der Waals surface area contributed by atoms with E-state index < -0.39 is 4.92 Å². The van der Waals surface area contributed by atoms with Gasteiger partial charge < -0.3 is 4.98 Å². The van der Waals surface area contributed by atoms with Crippen molar-refractivity contribution in [2.24, 2.45) is 0 Å². The van der Waals surface area contributed by atoms with Gasteiger partial charge in [-0.25, -0.2) is 4.98 Å². The number of aromatic nitrogens is 2. The van der Waals surface area contributed by atoms with Crippen LogP contribution in [0.1, 0.15) is 5.56 Å². The van der Waals surface area contributed by atoms with Gasteiger partial charge in [-0.05, 0) is 48.5 Å². The van der Waals surface area contributed by atoms with Crippen LogP contribution in [0.4, 0.5) is 5.69 Å². The fourth-order valence-electron chi connectivity index (χ4n) is 2.01. The Morgan fingerprint density at radius 1 is 1.33 bits per heavy atom. The molecule has 1 heterocycles. The Bertz CT molecular complexity index is 847. The fourth-order valence-corrected chi connectivity index (χ4v) is 3.25. The molecule has 0 unspecified atom stereocenters. The van der Waals surface area contributed by atoms with Crippen LogP contribution in [0.2, 0.25) is 5.02 Å². The summed E-state index contributed by atoms with van der Waals surface area (Å²) in [6.45, 7) is 1.99. The number of nitro benzene ring substituents is 1. The molecule has 0 aliphatic carbocycles. The summed E-state index contributed by atoms with van der Waals surface area (Å²) in [7, 11) is 0. The van der Waals surface area contributed by atoms with Crippen LogP contribution in [0, 0.1) is 17.0 Å². The molecule has 0 atom stereocenters. The number of imidazole rings is 1. The van der Waals surface area contributed by atoms with Crippen molar-refractivity contribution in [3.05, 3.63) is 57.1 Å². The molecule has 2 aromatic carbocycles. The molecule has 1 aromatic heterocycles. The van der Waals surface area contributed by atoms with Gasteiger partial charge in [-0.15, -0.1) is 0 Å². The number of aryl methyl sites for hydroxylation is 1. The molecule has 1 N–H and O–H groups in total. The summed E-state index contributed by atoms with van der Waals surface area (Å²) in [5, 5.41) is 11.8. The van der Waals surface area contributed by atoms with Crippen LogP contribution in [-0.2, 0) is 0 Å². The van der Waals surface area contributed by atoms with Gasteiger partial charge in [-0.3, -0.25) is 10.1 Å². The number of H-pyrrole nitrogens is 1. The van der Waals surface area contributed by atoms with E-state index in [1.54, 1.807) is 12.1 Å². The van der Waals surface area contributed by atoms with E-state index in [9.17, 15) is 10.1 Å². The predicted octanol–water partition coefficient (Wildman–Crippen LogP) is 4.58. The number of nitrogens with zero attached hydrogens (tertiary/aromatic N) is 2. The molecule has 0 radical (unpaired) electrons. The van der Waals surface area contributed by atoms with Gasteiger partial charge in [-0.1, -0.05) is 23.7 Å². The highest BCUT2D eigenvalue weighted by Crippen LogP contribution is 2.38. The SMILES string of the molecule is Cc1ccc2nc(Sc3cccc(Cl)c3[N+](=O)[O-])[nH]c2c1. The minimum absolute atomic E-state index is 0.0965. The number of aromatic amines is 1. The van der Waals surface area contributed by atoms with E-state index in [-0.39, 0.29) is 10.7 Å². The maximum atomic E-state index is 11.1. The van der Waals surface area contributed by atoms with Gasteiger partial charge in [0.05, 0.1) is 20.9 Å². The lowest BCUT2D eigenvalue weighted by molar-refractivity contribution is -0.387. The highest BCUT2D eigenvalue weighted by Gasteiger charge is 2.20. The van der Waals surface area contributed by atoms with Crippen molar-refractivity contribution >= 4 is 40.1 Å². The van der Waals surface area contributed by atoms with Gasteiger partial charge in [0.15, 0.2) is 5.16 Å². The van der Waals surface area contributed by atoms with Crippen LogP contribution < -0.4 is 0 Å². The second-order valence-electron chi connectivity index (χ2n) is 4.51. The number of halogens is 1. The lowest BCUT2D eigenvalue weighted by atomic mass is 10.2. The number of para-hydroxylation sites is 1. The molecule has 5 nitrogen and oxygen atoms in total. The molecule has 0 saturated carbocycles. The third-order valence-electron chi connectivity index (χ3n) is 2.95. The number of benzene rings is 2. The summed E-state index contributed by atoms with van der Waals surface area (Å²) in [4.78, 5) is 18.7. The maximum absolute atomic E-state index is 11.1. The maximum Gasteiger partial charge on any atom is 0.301 e. The van der Waals surface area contributed by atoms with Gasteiger partial charge in [-0.2, -0.15) is 0 Å². The molecular formula is C14H10ClN3O2S. The van der Waals surface area contributed by atoms with E-state index in [2.05, 4.69) is 9.97 Å². The summed E-state index contributed by atoms with van der Waals surface area (Å²) in [5.41, 5.74) is 2.76. The number of rotatable bonds is 3. The zero-order valence-electron chi connectivity index (χ0n) is 11.0. The molecular weight excluding hydrogens is 310 g/mol. The van der Waals surface area contributed by atoms with Crippen LogP contribution >= 0.6 is 23.4 Å². The lowest BCUT2D eigenvalue weighted by Crippen LogP contribution is -1.92. The van der Waals surface area contributed by atoms with Gasteiger partial charge in [0.2, 0.25) is 0 Å². The fraction of sp³-hybridized carbons (Fsp3) is 0.0714. The zero-order valence-corrected chi connectivity index (χ0v) is 12.5. The molecule has 3 rings (SSSR count). The van der Waals surface area contributed by atoms with E-state index in [4.69, 9.17) is 11.6 Å². The van der Waals surface area contributed by atoms with Crippen LogP contribution in [-0.4, -0.2) is 14.9 Å². The Morgan fingerprint density at radius 3 is 2.90 bits per heavy atom. The van der Waals surface area contributed by atoms with Crippen LogP contribution in [0.25, 0.3) is 11.0 Å². The minimum atomic E-state index is -0.475. The molecule has 0 bridgehead atoms. The summed E-state index contributed by atoms with van der Waals surface area (Å²) in [5.74, 6) is 0. The average molecular weight is 320 g/mol.